The van der Waals surface area contributed by atoms with Gasteiger partial charge in [0.25, 0.3) is 0 Å². The maximum atomic E-state index is 6.23. The minimum atomic E-state index is 0.148. The topological polar surface area (TPSA) is 40.7 Å². The van der Waals surface area contributed by atoms with Gasteiger partial charge in [-0.25, -0.2) is 4.98 Å². The Labute approximate surface area is 118 Å². The average molecular weight is 278 g/mol. The number of rotatable bonds is 3. The van der Waals surface area contributed by atoms with Crippen molar-refractivity contribution in [2.45, 2.75) is 38.0 Å². The fourth-order valence-electron chi connectivity index (χ4n) is 3.23. The number of H-pyrrole nitrogens is 1. The Balaban J connectivity index is 2.07. The zero-order valence-electron chi connectivity index (χ0n) is 11.3. The van der Waals surface area contributed by atoms with Crippen molar-refractivity contribution in [2.24, 2.45) is 0 Å². The van der Waals surface area contributed by atoms with Crippen LogP contribution in [0.25, 0.3) is 11.0 Å². The molecule has 1 aromatic carbocycles. The summed E-state index contributed by atoms with van der Waals surface area (Å²) in [7, 11) is 0. The summed E-state index contributed by atoms with van der Waals surface area (Å²) < 4.78 is 0. The van der Waals surface area contributed by atoms with Crippen molar-refractivity contribution in [2.75, 3.05) is 13.1 Å². The molecule has 0 aliphatic carbocycles. The molecule has 3 nitrogen and oxygen atoms in total. The quantitative estimate of drug-likeness (QED) is 0.899. The molecule has 2 N–H and O–H groups in total. The van der Waals surface area contributed by atoms with Gasteiger partial charge in [0.15, 0.2) is 0 Å². The third kappa shape index (κ3) is 2.26. The SMILES string of the molecule is CCCC1(c2nc3c(Cl)cccc3[nH]2)CCCNC1. The number of hydrogen-bond donors (Lipinski definition) is 2. The van der Waals surface area contributed by atoms with E-state index in [1.54, 1.807) is 0 Å². The number of fused-ring (bicyclic) bond motifs is 1. The molecule has 2 aromatic rings. The molecular weight excluding hydrogens is 258 g/mol. The standard InChI is InChI=1S/C15H20ClN3/c1-2-7-15(8-4-9-17-10-15)14-18-12-6-3-5-11(16)13(12)19-14/h3,5-6,17H,2,4,7-10H2,1H3,(H,18,19). The van der Waals surface area contributed by atoms with E-state index in [1.165, 1.54) is 19.3 Å². The van der Waals surface area contributed by atoms with Crippen LogP contribution in [-0.4, -0.2) is 23.1 Å². The van der Waals surface area contributed by atoms with Crippen molar-refractivity contribution >= 4 is 22.6 Å². The predicted octanol–water partition coefficient (Wildman–Crippen LogP) is 3.64. The largest absolute Gasteiger partial charge is 0.341 e. The van der Waals surface area contributed by atoms with E-state index in [4.69, 9.17) is 16.6 Å². The van der Waals surface area contributed by atoms with Crippen LogP contribution in [0.4, 0.5) is 0 Å². The average Bonchev–Trinajstić information content (AvgIpc) is 2.86. The number of nitrogens with zero attached hydrogens (tertiary/aromatic N) is 1. The van der Waals surface area contributed by atoms with E-state index in [0.29, 0.717) is 0 Å². The van der Waals surface area contributed by atoms with Crippen LogP contribution < -0.4 is 5.32 Å². The molecule has 1 aromatic heterocycles. The summed E-state index contributed by atoms with van der Waals surface area (Å²) in [6, 6.07) is 5.92. The summed E-state index contributed by atoms with van der Waals surface area (Å²) in [4.78, 5) is 8.30. The van der Waals surface area contributed by atoms with Crippen molar-refractivity contribution in [3.05, 3.63) is 29.0 Å². The maximum absolute atomic E-state index is 6.23. The molecule has 4 heteroatoms. The first kappa shape index (κ1) is 12.9. The normalized spacial score (nSPS) is 23.9. The van der Waals surface area contributed by atoms with Crippen molar-refractivity contribution in [1.29, 1.82) is 0 Å². The second kappa shape index (κ2) is 5.14. The number of hydrogen-bond acceptors (Lipinski definition) is 2. The Morgan fingerprint density at radius 1 is 1.42 bits per heavy atom. The van der Waals surface area contributed by atoms with E-state index >= 15 is 0 Å². The smallest absolute Gasteiger partial charge is 0.114 e. The van der Waals surface area contributed by atoms with Gasteiger partial charge in [0.2, 0.25) is 0 Å². The van der Waals surface area contributed by atoms with Gasteiger partial charge in [0.1, 0.15) is 11.3 Å². The van der Waals surface area contributed by atoms with Gasteiger partial charge in [-0.3, -0.25) is 0 Å². The summed E-state index contributed by atoms with van der Waals surface area (Å²) in [6.45, 7) is 4.37. The number of para-hydroxylation sites is 1. The highest BCUT2D eigenvalue weighted by molar-refractivity contribution is 6.34. The van der Waals surface area contributed by atoms with E-state index in [0.717, 1.165) is 41.4 Å². The lowest BCUT2D eigenvalue weighted by Crippen LogP contribution is -2.44. The predicted molar refractivity (Wildman–Crippen MR) is 79.8 cm³/mol. The third-order valence-electron chi connectivity index (χ3n) is 4.17. The van der Waals surface area contributed by atoms with Gasteiger partial charge >= 0.3 is 0 Å². The Kier molecular flexibility index (Phi) is 3.50. The van der Waals surface area contributed by atoms with E-state index in [-0.39, 0.29) is 5.41 Å². The fraction of sp³-hybridized carbons (Fsp3) is 0.533. The minimum Gasteiger partial charge on any atom is -0.341 e. The van der Waals surface area contributed by atoms with Crippen molar-refractivity contribution in [3.63, 3.8) is 0 Å². The lowest BCUT2D eigenvalue weighted by Gasteiger charge is -2.36. The molecule has 1 aliphatic rings. The van der Waals surface area contributed by atoms with Crippen LogP contribution in [0.2, 0.25) is 5.02 Å². The molecule has 19 heavy (non-hydrogen) atoms. The molecule has 1 aliphatic heterocycles. The molecule has 0 spiro atoms. The van der Waals surface area contributed by atoms with Gasteiger partial charge in [-0.15, -0.1) is 0 Å². The molecule has 0 amide bonds. The van der Waals surface area contributed by atoms with Gasteiger partial charge < -0.3 is 10.3 Å². The summed E-state index contributed by atoms with van der Waals surface area (Å²) in [5.74, 6) is 1.10. The first-order valence-corrected chi connectivity index (χ1v) is 7.48. The first-order chi connectivity index (χ1) is 9.25. The molecular formula is C15H20ClN3. The Bertz CT molecular complexity index is 564. The lowest BCUT2D eigenvalue weighted by atomic mass is 9.76. The van der Waals surface area contributed by atoms with Gasteiger partial charge in [0.05, 0.1) is 10.5 Å². The molecule has 0 saturated carbocycles. The summed E-state index contributed by atoms with van der Waals surface area (Å²) in [5.41, 5.74) is 2.10. The van der Waals surface area contributed by atoms with Crippen molar-refractivity contribution in [3.8, 4) is 0 Å². The van der Waals surface area contributed by atoms with Crippen molar-refractivity contribution < 1.29 is 0 Å². The molecule has 0 bridgehead atoms. The number of aromatic amines is 1. The zero-order valence-corrected chi connectivity index (χ0v) is 12.1. The van der Waals surface area contributed by atoms with Crippen LogP contribution in [0.3, 0.4) is 0 Å². The van der Waals surface area contributed by atoms with E-state index in [9.17, 15) is 0 Å². The Hall–Kier alpha value is -1.06. The van der Waals surface area contributed by atoms with E-state index < -0.39 is 0 Å². The van der Waals surface area contributed by atoms with E-state index in [1.807, 2.05) is 18.2 Å². The highest BCUT2D eigenvalue weighted by atomic mass is 35.5. The number of nitrogens with one attached hydrogen (secondary N) is 2. The van der Waals surface area contributed by atoms with Gasteiger partial charge in [-0.2, -0.15) is 0 Å². The zero-order chi connectivity index (χ0) is 13.3. The van der Waals surface area contributed by atoms with Crippen LogP contribution >= 0.6 is 11.6 Å². The van der Waals surface area contributed by atoms with Crippen LogP contribution in [0, 0.1) is 0 Å². The summed E-state index contributed by atoms with van der Waals surface area (Å²) in [5, 5.41) is 4.26. The van der Waals surface area contributed by atoms with Crippen LogP contribution in [0.15, 0.2) is 18.2 Å². The van der Waals surface area contributed by atoms with Gasteiger partial charge in [-0.1, -0.05) is 31.0 Å². The molecule has 102 valence electrons. The molecule has 0 radical (unpaired) electrons. The second-order valence-corrected chi connectivity index (χ2v) is 5.94. The molecule has 1 saturated heterocycles. The Morgan fingerprint density at radius 3 is 3.00 bits per heavy atom. The summed E-state index contributed by atoms with van der Waals surface area (Å²) in [6.07, 6.45) is 4.75. The number of halogens is 1. The third-order valence-corrected chi connectivity index (χ3v) is 4.47. The van der Waals surface area contributed by atoms with Crippen molar-refractivity contribution in [1.82, 2.24) is 15.3 Å². The highest BCUT2D eigenvalue weighted by Crippen LogP contribution is 2.35. The lowest BCUT2D eigenvalue weighted by molar-refractivity contribution is 0.278. The van der Waals surface area contributed by atoms with Gasteiger partial charge in [-0.05, 0) is 37.9 Å². The summed E-state index contributed by atoms with van der Waals surface area (Å²) >= 11 is 6.23. The second-order valence-electron chi connectivity index (χ2n) is 5.53. The van der Waals surface area contributed by atoms with Crippen LogP contribution in [0.1, 0.15) is 38.4 Å². The molecule has 1 fully saturated rings. The highest BCUT2D eigenvalue weighted by Gasteiger charge is 2.36. The molecule has 1 unspecified atom stereocenters. The first-order valence-electron chi connectivity index (χ1n) is 7.11. The molecule has 2 heterocycles. The minimum absolute atomic E-state index is 0.148. The van der Waals surface area contributed by atoms with Crippen LogP contribution in [0.5, 0.6) is 0 Å². The molecule has 1 atom stereocenters. The van der Waals surface area contributed by atoms with E-state index in [2.05, 4.69) is 17.2 Å². The Morgan fingerprint density at radius 2 is 2.32 bits per heavy atom. The fourth-order valence-corrected chi connectivity index (χ4v) is 3.45. The monoisotopic (exact) mass is 277 g/mol. The number of imidazole rings is 1. The van der Waals surface area contributed by atoms with Crippen LogP contribution in [-0.2, 0) is 5.41 Å². The molecule has 3 rings (SSSR count). The number of aromatic nitrogens is 2. The number of benzene rings is 1. The number of piperidine rings is 1. The maximum Gasteiger partial charge on any atom is 0.114 e. The van der Waals surface area contributed by atoms with Gasteiger partial charge in [0, 0.05) is 12.0 Å².